The van der Waals surface area contributed by atoms with Crippen molar-refractivity contribution in [1.29, 1.82) is 0 Å². The van der Waals surface area contributed by atoms with E-state index in [2.05, 4.69) is 0 Å². The first-order valence-electron chi connectivity index (χ1n) is 9.08. The van der Waals surface area contributed by atoms with E-state index in [1.807, 2.05) is 12.1 Å². The molecule has 0 saturated heterocycles. The molecule has 0 spiro atoms. The van der Waals surface area contributed by atoms with Gasteiger partial charge in [0.2, 0.25) is 0 Å². The van der Waals surface area contributed by atoms with Crippen molar-refractivity contribution in [3.63, 3.8) is 0 Å². The molecule has 180 valence electrons. The maximum atomic E-state index is 13.2. The molecular formula is C24H28F4O4Ti. The molecule has 4 nitrogen and oxygen atoms in total. The Hall–Kier alpha value is -1.87. The van der Waals surface area contributed by atoms with E-state index in [0.717, 1.165) is 24.3 Å². The third-order valence-electron chi connectivity index (χ3n) is 4.15. The number of halogens is 4. The Morgan fingerprint density at radius 1 is 0.758 bits per heavy atom. The van der Waals surface area contributed by atoms with E-state index in [-0.39, 0.29) is 47.7 Å². The SMILES string of the molecule is CCC(OC)C(=O)c1ccc(F)[c-]c1F.CCC(OC)C(=O)c1ccc(F)[c-]c1F.[CH3-].[CH3-].[Ti+4]. The summed E-state index contributed by atoms with van der Waals surface area (Å²) in [7, 11) is 2.74. The maximum absolute atomic E-state index is 13.2. The summed E-state index contributed by atoms with van der Waals surface area (Å²) in [4.78, 5) is 23.3. The van der Waals surface area contributed by atoms with E-state index < -0.39 is 47.0 Å². The summed E-state index contributed by atoms with van der Waals surface area (Å²) in [6.07, 6.45) is -0.519. The second kappa shape index (κ2) is 17.6. The third-order valence-corrected chi connectivity index (χ3v) is 4.15. The molecule has 2 unspecified atom stereocenters. The molecule has 0 aliphatic rings. The summed E-state index contributed by atoms with van der Waals surface area (Å²) in [5.74, 6) is -4.59. The molecule has 2 rings (SSSR count). The van der Waals surface area contributed by atoms with Crippen LogP contribution in [0.25, 0.3) is 0 Å². The molecule has 0 bridgehead atoms. The number of ether oxygens (including phenoxy) is 2. The van der Waals surface area contributed by atoms with Crippen LogP contribution in [0, 0.1) is 50.3 Å². The van der Waals surface area contributed by atoms with Crippen molar-refractivity contribution >= 4 is 11.6 Å². The van der Waals surface area contributed by atoms with Crippen molar-refractivity contribution in [2.24, 2.45) is 0 Å². The van der Waals surface area contributed by atoms with Crippen LogP contribution in [0.3, 0.4) is 0 Å². The molecule has 33 heavy (non-hydrogen) atoms. The monoisotopic (exact) mass is 504 g/mol. The zero-order valence-electron chi connectivity index (χ0n) is 19.5. The van der Waals surface area contributed by atoms with Crippen molar-refractivity contribution in [3.05, 3.63) is 85.6 Å². The largest absolute Gasteiger partial charge is 4.00 e. The fourth-order valence-electron chi connectivity index (χ4n) is 2.53. The van der Waals surface area contributed by atoms with Gasteiger partial charge in [-0.15, -0.1) is 24.3 Å². The Morgan fingerprint density at radius 3 is 1.27 bits per heavy atom. The molecule has 0 N–H and O–H groups in total. The number of ketones is 2. The predicted octanol–water partition coefficient (Wildman–Crippen LogP) is 5.64. The van der Waals surface area contributed by atoms with E-state index in [4.69, 9.17) is 9.47 Å². The first-order valence-corrected chi connectivity index (χ1v) is 9.08. The topological polar surface area (TPSA) is 52.6 Å². The first kappa shape index (κ1) is 35.7. The molecule has 0 aliphatic heterocycles. The molecule has 0 amide bonds. The summed E-state index contributed by atoms with van der Waals surface area (Å²) in [6, 6.07) is 7.83. The van der Waals surface area contributed by atoms with Crippen LogP contribution < -0.4 is 0 Å². The van der Waals surface area contributed by atoms with E-state index in [0.29, 0.717) is 12.8 Å². The second-order valence-electron chi connectivity index (χ2n) is 6.06. The minimum Gasteiger partial charge on any atom is -0.374 e. The second-order valence-corrected chi connectivity index (χ2v) is 6.06. The molecule has 0 radical (unpaired) electrons. The molecule has 0 aromatic heterocycles. The van der Waals surface area contributed by atoms with Crippen LogP contribution in [0.2, 0.25) is 0 Å². The van der Waals surface area contributed by atoms with Crippen LogP contribution in [0.4, 0.5) is 17.6 Å². The maximum Gasteiger partial charge on any atom is 4.00 e. The van der Waals surface area contributed by atoms with Crippen LogP contribution in [0.1, 0.15) is 47.4 Å². The van der Waals surface area contributed by atoms with Gasteiger partial charge >= 0.3 is 21.7 Å². The van der Waals surface area contributed by atoms with Gasteiger partial charge in [-0.2, -0.15) is 12.1 Å². The average Bonchev–Trinajstić information content (AvgIpc) is 2.70. The van der Waals surface area contributed by atoms with Gasteiger partial charge in [0, 0.05) is 37.5 Å². The standard InChI is InChI=1S/2C11H11F2O2.2CH3.Ti/c2*1-3-10(15-2)11(14)8-5-4-7(12)6-9(8)13;;;/h2*4-5,10H,3H2,1-2H3;2*1H3;/q4*-1;+4. The first-order chi connectivity index (χ1) is 14.2. The smallest absolute Gasteiger partial charge is 0.374 e. The van der Waals surface area contributed by atoms with Gasteiger partial charge in [0.1, 0.15) is 23.8 Å². The van der Waals surface area contributed by atoms with Crippen molar-refractivity contribution < 1.29 is 58.3 Å². The molecule has 2 atom stereocenters. The summed E-state index contributed by atoms with van der Waals surface area (Å²) in [5.41, 5.74) is -0.379. The zero-order valence-corrected chi connectivity index (χ0v) is 21.1. The summed E-state index contributed by atoms with van der Waals surface area (Å²) in [6.45, 7) is 3.49. The number of methoxy groups -OCH3 is 2. The number of hydrogen-bond acceptors (Lipinski definition) is 4. The molecule has 0 saturated carbocycles. The van der Waals surface area contributed by atoms with Crippen molar-refractivity contribution in [2.45, 2.75) is 38.9 Å². The summed E-state index contributed by atoms with van der Waals surface area (Å²) in [5, 5.41) is 0. The van der Waals surface area contributed by atoms with Crippen LogP contribution >= 0.6 is 0 Å². The van der Waals surface area contributed by atoms with E-state index in [1.54, 1.807) is 13.8 Å². The fraction of sp³-hybridized carbons (Fsp3) is 0.333. The predicted molar refractivity (Wildman–Crippen MR) is 114 cm³/mol. The molecule has 9 heteroatoms. The zero-order chi connectivity index (χ0) is 22.8. The Kier molecular flexibility index (Phi) is 19.0. The fourth-order valence-corrected chi connectivity index (χ4v) is 2.53. The van der Waals surface area contributed by atoms with Crippen LogP contribution in [-0.2, 0) is 31.2 Å². The molecule has 0 aliphatic carbocycles. The van der Waals surface area contributed by atoms with Gasteiger partial charge in [-0.25, -0.2) is 17.6 Å². The normalized spacial score (nSPS) is 11.4. The van der Waals surface area contributed by atoms with Crippen molar-refractivity contribution in [2.75, 3.05) is 14.2 Å². The van der Waals surface area contributed by atoms with Crippen LogP contribution in [0.15, 0.2) is 24.3 Å². The molecule has 2 aromatic rings. The number of benzene rings is 2. The Balaban J connectivity index is -0.000000500. The number of rotatable bonds is 8. The van der Waals surface area contributed by atoms with Gasteiger partial charge < -0.3 is 33.9 Å². The molecule has 2 aromatic carbocycles. The summed E-state index contributed by atoms with van der Waals surface area (Å²) >= 11 is 0. The van der Waals surface area contributed by atoms with Gasteiger partial charge in [0.15, 0.2) is 0 Å². The number of Topliss-reactive ketones (excluding diaryl/α,β-unsaturated/α-hetero) is 2. The number of carbonyl (C=O) groups excluding carboxylic acids is 2. The quantitative estimate of drug-likeness (QED) is 0.202. The van der Waals surface area contributed by atoms with Crippen molar-refractivity contribution in [1.82, 2.24) is 0 Å². The average molecular weight is 504 g/mol. The van der Waals surface area contributed by atoms with Gasteiger partial charge in [0.25, 0.3) is 0 Å². The minimum atomic E-state index is -0.976. The van der Waals surface area contributed by atoms with E-state index in [9.17, 15) is 27.2 Å². The molecule has 0 heterocycles. The van der Waals surface area contributed by atoms with Crippen LogP contribution in [-0.4, -0.2) is 38.0 Å². The molecular weight excluding hydrogens is 476 g/mol. The Bertz CT molecular complexity index is 798. The minimum absolute atomic E-state index is 0. The van der Waals surface area contributed by atoms with Crippen LogP contribution in [0.5, 0.6) is 0 Å². The van der Waals surface area contributed by atoms with Gasteiger partial charge in [0.05, 0.1) is 0 Å². The van der Waals surface area contributed by atoms with Gasteiger partial charge in [-0.3, -0.25) is 0 Å². The van der Waals surface area contributed by atoms with Gasteiger partial charge in [-0.05, 0) is 12.8 Å². The third kappa shape index (κ3) is 10.3. The number of hydrogen-bond donors (Lipinski definition) is 0. The van der Waals surface area contributed by atoms with E-state index >= 15 is 0 Å². The van der Waals surface area contributed by atoms with Gasteiger partial charge in [-0.1, -0.05) is 25.0 Å². The van der Waals surface area contributed by atoms with Crippen molar-refractivity contribution in [3.8, 4) is 0 Å². The molecule has 0 fully saturated rings. The van der Waals surface area contributed by atoms with E-state index in [1.165, 1.54) is 14.2 Å². The Labute approximate surface area is 208 Å². The summed E-state index contributed by atoms with van der Waals surface area (Å²) < 4.78 is 61.2. The Morgan fingerprint density at radius 2 is 1.06 bits per heavy atom. The number of carbonyl (C=O) groups is 2.